The highest BCUT2D eigenvalue weighted by molar-refractivity contribution is 5.78. The van der Waals surface area contributed by atoms with Crippen LogP contribution in [0.15, 0.2) is 0 Å². The third-order valence-corrected chi connectivity index (χ3v) is 3.73. The standard InChI is InChI=1S/C13H23NO3/c1-9(13(16)17)10(2)14-12(15)8-11-6-4-3-5-7-11/h9-11H,3-8H2,1-2H3,(H,14,15)(H,16,17). The van der Waals surface area contributed by atoms with Crippen molar-refractivity contribution in [2.24, 2.45) is 11.8 Å². The Morgan fingerprint density at radius 1 is 1.24 bits per heavy atom. The minimum Gasteiger partial charge on any atom is -0.481 e. The molecule has 1 saturated carbocycles. The third-order valence-electron chi connectivity index (χ3n) is 3.73. The second-order valence-corrected chi connectivity index (χ2v) is 5.19. The van der Waals surface area contributed by atoms with E-state index in [4.69, 9.17) is 5.11 Å². The highest BCUT2D eigenvalue weighted by atomic mass is 16.4. The molecule has 0 spiro atoms. The summed E-state index contributed by atoms with van der Waals surface area (Å²) >= 11 is 0. The molecular weight excluding hydrogens is 218 g/mol. The van der Waals surface area contributed by atoms with E-state index in [1.54, 1.807) is 13.8 Å². The predicted octanol–water partition coefficient (Wildman–Crippen LogP) is 2.18. The Morgan fingerprint density at radius 2 is 1.82 bits per heavy atom. The van der Waals surface area contributed by atoms with Crippen LogP contribution in [0.5, 0.6) is 0 Å². The van der Waals surface area contributed by atoms with E-state index in [-0.39, 0.29) is 11.9 Å². The summed E-state index contributed by atoms with van der Waals surface area (Å²) < 4.78 is 0. The molecule has 0 aromatic rings. The second kappa shape index (κ2) is 6.62. The van der Waals surface area contributed by atoms with Gasteiger partial charge < -0.3 is 10.4 Å². The minimum atomic E-state index is -0.865. The summed E-state index contributed by atoms with van der Waals surface area (Å²) in [4.78, 5) is 22.5. The van der Waals surface area contributed by atoms with Gasteiger partial charge in [-0.05, 0) is 32.6 Å². The molecule has 4 heteroatoms. The third kappa shape index (κ3) is 4.75. The van der Waals surface area contributed by atoms with E-state index in [1.807, 2.05) is 0 Å². The molecule has 0 bridgehead atoms. The molecule has 2 unspecified atom stereocenters. The first-order valence-electron chi connectivity index (χ1n) is 6.53. The molecule has 0 heterocycles. The maximum atomic E-state index is 11.7. The predicted molar refractivity (Wildman–Crippen MR) is 65.6 cm³/mol. The van der Waals surface area contributed by atoms with Crippen LogP contribution >= 0.6 is 0 Å². The Labute approximate surface area is 103 Å². The van der Waals surface area contributed by atoms with Gasteiger partial charge in [-0.15, -0.1) is 0 Å². The lowest BCUT2D eigenvalue weighted by molar-refractivity contribution is -0.142. The van der Waals surface area contributed by atoms with Gasteiger partial charge in [0.15, 0.2) is 0 Å². The molecule has 1 aliphatic carbocycles. The highest BCUT2D eigenvalue weighted by Gasteiger charge is 2.23. The van der Waals surface area contributed by atoms with Gasteiger partial charge in [0, 0.05) is 12.5 Å². The van der Waals surface area contributed by atoms with E-state index in [1.165, 1.54) is 19.3 Å². The van der Waals surface area contributed by atoms with Crippen LogP contribution in [-0.4, -0.2) is 23.0 Å². The van der Waals surface area contributed by atoms with Crippen molar-refractivity contribution < 1.29 is 14.7 Å². The molecule has 0 aliphatic heterocycles. The van der Waals surface area contributed by atoms with E-state index in [0.29, 0.717) is 12.3 Å². The Morgan fingerprint density at radius 3 is 2.35 bits per heavy atom. The first-order valence-corrected chi connectivity index (χ1v) is 6.53. The zero-order valence-corrected chi connectivity index (χ0v) is 10.7. The van der Waals surface area contributed by atoms with Crippen molar-refractivity contribution in [2.75, 3.05) is 0 Å². The van der Waals surface area contributed by atoms with Gasteiger partial charge in [0.05, 0.1) is 5.92 Å². The molecule has 2 N–H and O–H groups in total. The lowest BCUT2D eigenvalue weighted by Crippen LogP contribution is -2.40. The maximum Gasteiger partial charge on any atom is 0.308 e. The number of hydrogen-bond acceptors (Lipinski definition) is 2. The number of amides is 1. The van der Waals surface area contributed by atoms with Crippen LogP contribution in [0.1, 0.15) is 52.4 Å². The van der Waals surface area contributed by atoms with E-state index in [2.05, 4.69) is 5.32 Å². The summed E-state index contributed by atoms with van der Waals surface area (Å²) in [6.07, 6.45) is 6.55. The van der Waals surface area contributed by atoms with E-state index in [9.17, 15) is 9.59 Å². The van der Waals surface area contributed by atoms with Gasteiger partial charge in [-0.25, -0.2) is 0 Å². The van der Waals surface area contributed by atoms with Crippen molar-refractivity contribution in [2.45, 2.75) is 58.4 Å². The van der Waals surface area contributed by atoms with E-state index < -0.39 is 11.9 Å². The van der Waals surface area contributed by atoms with Gasteiger partial charge in [-0.2, -0.15) is 0 Å². The van der Waals surface area contributed by atoms with Crippen molar-refractivity contribution in [3.05, 3.63) is 0 Å². The van der Waals surface area contributed by atoms with Gasteiger partial charge in [0.25, 0.3) is 0 Å². The Balaban J connectivity index is 2.30. The molecule has 1 fully saturated rings. The molecule has 4 nitrogen and oxygen atoms in total. The fourth-order valence-corrected chi connectivity index (χ4v) is 2.31. The molecule has 17 heavy (non-hydrogen) atoms. The second-order valence-electron chi connectivity index (χ2n) is 5.19. The molecule has 1 rings (SSSR count). The number of carbonyl (C=O) groups is 2. The summed E-state index contributed by atoms with van der Waals surface area (Å²) in [7, 11) is 0. The lowest BCUT2D eigenvalue weighted by Gasteiger charge is -2.23. The van der Waals surface area contributed by atoms with Crippen LogP contribution in [0.3, 0.4) is 0 Å². The van der Waals surface area contributed by atoms with Crippen molar-refractivity contribution in [3.63, 3.8) is 0 Å². The smallest absolute Gasteiger partial charge is 0.308 e. The summed E-state index contributed by atoms with van der Waals surface area (Å²) in [6, 6.07) is -0.302. The minimum absolute atomic E-state index is 0.00231. The van der Waals surface area contributed by atoms with Crippen molar-refractivity contribution in [1.82, 2.24) is 5.32 Å². The average molecular weight is 241 g/mol. The highest BCUT2D eigenvalue weighted by Crippen LogP contribution is 2.26. The molecule has 2 atom stereocenters. The molecule has 0 aromatic heterocycles. The van der Waals surface area contributed by atoms with Crippen LogP contribution in [-0.2, 0) is 9.59 Å². The Kier molecular flexibility index (Phi) is 5.45. The van der Waals surface area contributed by atoms with Crippen molar-refractivity contribution in [3.8, 4) is 0 Å². The van der Waals surface area contributed by atoms with Gasteiger partial charge in [-0.1, -0.05) is 19.3 Å². The number of carboxylic acids is 1. The largest absolute Gasteiger partial charge is 0.481 e. The lowest BCUT2D eigenvalue weighted by atomic mass is 9.86. The SMILES string of the molecule is CC(NC(=O)CC1CCCCC1)C(C)C(=O)O. The summed E-state index contributed by atoms with van der Waals surface area (Å²) in [6.45, 7) is 3.37. The number of carbonyl (C=O) groups excluding carboxylic acids is 1. The molecule has 1 aliphatic rings. The average Bonchev–Trinajstić information content (AvgIpc) is 2.28. The van der Waals surface area contributed by atoms with E-state index >= 15 is 0 Å². The number of aliphatic carboxylic acids is 1. The van der Waals surface area contributed by atoms with Crippen LogP contribution in [0.25, 0.3) is 0 Å². The first kappa shape index (κ1) is 14.0. The Hall–Kier alpha value is -1.06. The monoisotopic (exact) mass is 241 g/mol. The summed E-state index contributed by atoms with van der Waals surface area (Å²) in [5.41, 5.74) is 0. The fraction of sp³-hybridized carbons (Fsp3) is 0.846. The molecular formula is C13H23NO3. The van der Waals surface area contributed by atoms with E-state index in [0.717, 1.165) is 12.8 Å². The van der Waals surface area contributed by atoms with Crippen LogP contribution in [0, 0.1) is 11.8 Å². The maximum absolute atomic E-state index is 11.7. The number of rotatable bonds is 5. The quantitative estimate of drug-likeness (QED) is 0.775. The summed E-state index contributed by atoms with van der Waals surface area (Å²) in [5.74, 6) is -0.908. The number of nitrogens with one attached hydrogen (secondary N) is 1. The van der Waals surface area contributed by atoms with Crippen molar-refractivity contribution in [1.29, 1.82) is 0 Å². The number of carboxylic acid groups (broad SMARTS) is 1. The zero-order valence-electron chi connectivity index (χ0n) is 10.7. The topological polar surface area (TPSA) is 66.4 Å². The molecule has 0 radical (unpaired) electrons. The van der Waals surface area contributed by atoms with Crippen molar-refractivity contribution >= 4 is 11.9 Å². The zero-order chi connectivity index (χ0) is 12.8. The summed E-state index contributed by atoms with van der Waals surface area (Å²) in [5, 5.41) is 11.6. The van der Waals surface area contributed by atoms with Crippen LogP contribution in [0.4, 0.5) is 0 Å². The van der Waals surface area contributed by atoms with Gasteiger partial charge in [0.1, 0.15) is 0 Å². The molecule has 0 aromatic carbocycles. The molecule has 0 saturated heterocycles. The number of hydrogen-bond donors (Lipinski definition) is 2. The first-order chi connectivity index (χ1) is 8.00. The molecule has 98 valence electrons. The molecule has 1 amide bonds. The van der Waals surface area contributed by atoms with Gasteiger partial charge >= 0.3 is 5.97 Å². The normalized spacial score (nSPS) is 20.6. The Bertz CT molecular complexity index is 272. The fourth-order valence-electron chi connectivity index (χ4n) is 2.31. The van der Waals surface area contributed by atoms with Crippen LogP contribution in [0.2, 0.25) is 0 Å². The van der Waals surface area contributed by atoms with Gasteiger partial charge in [0.2, 0.25) is 5.91 Å². The van der Waals surface area contributed by atoms with Gasteiger partial charge in [-0.3, -0.25) is 9.59 Å². The van der Waals surface area contributed by atoms with Crippen LogP contribution < -0.4 is 5.32 Å².